The summed E-state index contributed by atoms with van der Waals surface area (Å²) in [6.07, 6.45) is 2.58. The van der Waals surface area contributed by atoms with Crippen LogP contribution in [-0.4, -0.2) is 28.2 Å². The number of hydrogen-bond donors (Lipinski definition) is 0. The van der Waals surface area contributed by atoms with Crippen LogP contribution in [0.25, 0.3) is 11.5 Å². The third-order valence-electron chi connectivity index (χ3n) is 4.30. The highest BCUT2D eigenvalue weighted by Crippen LogP contribution is 2.27. The monoisotopic (exact) mass is 285 g/mol. The zero-order valence-corrected chi connectivity index (χ0v) is 13.0. The van der Waals surface area contributed by atoms with Crippen LogP contribution in [-0.2, 0) is 0 Å². The van der Waals surface area contributed by atoms with Crippen LogP contribution in [0.4, 0.5) is 0 Å². The van der Waals surface area contributed by atoms with Gasteiger partial charge in [0.2, 0.25) is 11.8 Å². The van der Waals surface area contributed by atoms with Crippen LogP contribution in [0.15, 0.2) is 28.7 Å². The summed E-state index contributed by atoms with van der Waals surface area (Å²) in [5.41, 5.74) is 2.19. The van der Waals surface area contributed by atoms with E-state index < -0.39 is 0 Å². The molecular weight excluding hydrogens is 262 g/mol. The van der Waals surface area contributed by atoms with E-state index in [1.165, 1.54) is 18.4 Å². The number of piperidine rings is 1. The molecule has 0 bridgehead atoms. The van der Waals surface area contributed by atoms with Crippen LogP contribution in [0.1, 0.15) is 44.2 Å². The molecule has 3 rings (SSSR count). The second kappa shape index (κ2) is 5.98. The first-order valence-electron chi connectivity index (χ1n) is 7.78. The quantitative estimate of drug-likeness (QED) is 0.859. The smallest absolute Gasteiger partial charge is 0.247 e. The average Bonchev–Trinajstić information content (AvgIpc) is 2.96. The Morgan fingerprint density at radius 1 is 1.33 bits per heavy atom. The van der Waals surface area contributed by atoms with Crippen molar-refractivity contribution in [3.8, 4) is 11.5 Å². The lowest BCUT2D eigenvalue weighted by molar-refractivity contribution is 0.122. The first kappa shape index (κ1) is 14.3. The van der Waals surface area contributed by atoms with E-state index in [4.69, 9.17) is 4.42 Å². The van der Waals surface area contributed by atoms with Crippen molar-refractivity contribution in [1.29, 1.82) is 0 Å². The van der Waals surface area contributed by atoms with Crippen LogP contribution in [0, 0.1) is 12.8 Å². The highest BCUT2D eigenvalue weighted by Gasteiger charge is 2.25. The lowest BCUT2D eigenvalue weighted by Gasteiger charge is -2.33. The van der Waals surface area contributed by atoms with E-state index in [-0.39, 0.29) is 6.04 Å². The van der Waals surface area contributed by atoms with Crippen molar-refractivity contribution in [2.24, 2.45) is 5.92 Å². The molecule has 1 fully saturated rings. The highest BCUT2D eigenvalue weighted by atomic mass is 16.4. The second-order valence-corrected chi connectivity index (χ2v) is 6.23. The third-order valence-corrected chi connectivity index (χ3v) is 4.30. The summed E-state index contributed by atoms with van der Waals surface area (Å²) < 4.78 is 5.91. The first-order chi connectivity index (χ1) is 10.1. The molecule has 1 aliphatic heterocycles. The summed E-state index contributed by atoms with van der Waals surface area (Å²) in [6, 6.07) is 8.37. The predicted molar refractivity (Wildman–Crippen MR) is 82.9 cm³/mol. The molecular formula is C17H23N3O. The van der Waals surface area contributed by atoms with E-state index in [0.717, 1.165) is 30.5 Å². The minimum atomic E-state index is 0.193. The molecule has 0 aliphatic carbocycles. The zero-order valence-electron chi connectivity index (χ0n) is 13.0. The molecule has 1 aliphatic rings. The SMILES string of the molecule is Cc1cccc(-c2nnc([C@@H](C)N3CCC[C@H](C)C3)o2)c1. The van der Waals surface area contributed by atoms with E-state index in [0.29, 0.717) is 5.89 Å². The van der Waals surface area contributed by atoms with Gasteiger partial charge in [-0.2, -0.15) is 0 Å². The standard InChI is InChI=1S/C17H23N3O/c1-12-6-4-8-15(10-12)17-19-18-16(21-17)14(3)20-9-5-7-13(2)11-20/h4,6,8,10,13-14H,5,7,9,11H2,1-3H3/t13-,14+/m0/s1. The van der Waals surface area contributed by atoms with Crippen molar-refractivity contribution in [2.75, 3.05) is 13.1 Å². The molecule has 4 nitrogen and oxygen atoms in total. The summed E-state index contributed by atoms with van der Waals surface area (Å²) >= 11 is 0. The Bertz CT molecular complexity index is 608. The molecule has 0 spiro atoms. The van der Waals surface area contributed by atoms with Crippen LogP contribution >= 0.6 is 0 Å². The number of aromatic nitrogens is 2. The molecule has 0 unspecified atom stereocenters. The maximum absolute atomic E-state index is 5.91. The van der Waals surface area contributed by atoms with Gasteiger partial charge in [0, 0.05) is 12.1 Å². The van der Waals surface area contributed by atoms with Crippen LogP contribution < -0.4 is 0 Å². The van der Waals surface area contributed by atoms with Gasteiger partial charge >= 0.3 is 0 Å². The minimum Gasteiger partial charge on any atom is -0.419 e. The van der Waals surface area contributed by atoms with Gasteiger partial charge in [-0.3, -0.25) is 4.90 Å². The summed E-state index contributed by atoms with van der Waals surface area (Å²) in [5, 5.41) is 8.48. The number of nitrogens with zero attached hydrogens (tertiary/aromatic N) is 3. The molecule has 21 heavy (non-hydrogen) atoms. The Kier molecular flexibility index (Phi) is 4.06. The largest absolute Gasteiger partial charge is 0.419 e. The topological polar surface area (TPSA) is 42.2 Å². The van der Waals surface area contributed by atoms with Gasteiger partial charge in [-0.1, -0.05) is 24.6 Å². The van der Waals surface area contributed by atoms with Crippen molar-refractivity contribution in [3.05, 3.63) is 35.7 Å². The maximum Gasteiger partial charge on any atom is 0.247 e. The summed E-state index contributed by atoms with van der Waals surface area (Å²) in [4.78, 5) is 2.45. The van der Waals surface area contributed by atoms with Crippen LogP contribution in [0.5, 0.6) is 0 Å². The molecule has 0 saturated carbocycles. The third kappa shape index (κ3) is 3.16. The van der Waals surface area contributed by atoms with Gasteiger partial charge < -0.3 is 4.42 Å². The van der Waals surface area contributed by atoms with Crippen molar-refractivity contribution in [2.45, 2.75) is 39.7 Å². The van der Waals surface area contributed by atoms with Gasteiger partial charge in [0.15, 0.2) is 0 Å². The van der Waals surface area contributed by atoms with Crippen molar-refractivity contribution < 1.29 is 4.42 Å². The Hall–Kier alpha value is -1.68. The molecule has 0 radical (unpaired) electrons. The molecule has 4 heteroatoms. The first-order valence-corrected chi connectivity index (χ1v) is 7.78. The predicted octanol–water partition coefficient (Wildman–Crippen LogP) is 3.84. The van der Waals surface area contributed by atoms with Crippen molar-refractivity contribution >= 4 is 0 Å². The van der Waals surface area contributed by atoms with Gasteiger partial charge in [0.1, 0.15) is 0 Å². The number of likely N-dealkylation sites (tertiary alicyclic amines) is 1. The van der Waals surface area contributed by atoms with E-state index in [9.17, 15) is 0 Å². The Morgan fingerprint density at radius 2 is 2.19 bits per heavy atom. The molecule has 1 aromatic carbocycles. The van der Waals surface area contributed by atoms with Gasteiger partial charge in [0.25, 0.3) is 0 Å². The van der Waals surface area contributed by atoms with E-state index >= 15 is 0 Å². The van der Waals surface area contributed by atoms with E-state index in [1.54, 1.807) is 0 Å². The number of rotatable bonds is 3. The fourth-order valence-electron chi connectivity index (χ4n) is 3.03. The summed E-state index contributed by atoms with van der Waals surface area (Å²) in [7, 11) is 0. The Labute approximate surface area is 126 Å². The Balaban J connectivity index is 1.78. The molecule has 0 N–H and O–H groups in total. The van der Waals surface area contributed by atoms with Gasteiger partial charge in [0.05, 0.1) is 6.04 Å². The molecule has 1 saturated heterocycles. The highest BCUT2D eigenvalue weighted by molar-refractivity contribution is 5.53. The van der Waals surface area contributed by atoms with E-state index in [2.05, 4.69) is 48.0 Å². The normalized spacial score (nSPS) is 21.4. The van der Waals surface area contributed by atoms with Crippen molar-refractivity contribution in [3.63, 3.8) is 0 Å². The van der Waals surface area contributed by atoms with Crippen molar-refractivity contribution in [1.82, 2.24) is 15.1 Å². The fourth-order valence-corrected chi connectivity index (χ4v) is 3.03. The number of aryl methyl sites for hydroxylation is 1. The molecule has 2 heterocycles. The van der Waals surface area contributed by atoms with Crippen LogP contribution in [0.3, 0.4) is 0 Å². The average molecular weight is 285 g/mol. The molecule has 1 aromatic heterocycles. The fraction of sp³-hybridized carbons (Fsp3) is 0.529. The number of hydrogen-bond acceptors (Lipinski definition) is 4. The zero-order chi connectivity index (χ0) is 14.8. The summed E-state index contributed by atoms with van der Waals surface area (Å²) in [6.45, 7) is 8.77. The molecule has 0 amide bonds. The lowest BCUT2D eigenvalue weighted by Crippen LogP contribution is -2.36. The Morgan fingerprint density at radius 3 is 2.95 bits per heavy atom. The molecule has 112 valence electrons. The molecule has 2 atom stereocenters. The number of benzene rings is 1. The maximum atomic E-state index is 5.91. The van der Waals surface area contributed by atoms with E-state index in [1.807, 2.05) is 12.1 Å². The minimum absolute atomic E-state index is 0.193. The second-order valence-electron chi connectivity index (χ2n) is 6.23. The summed E-state index contributed by atoms with van der Waals surface area (Å²) in [5.74, 6) is 2.09. The van der Waals surface area contributed by atoms with Gasteiger partial charge in [-0.25, -0.2) is 0 Å². The lowest BCUT2D eigenvalue weighted by atomic mass is 9.99. The van der Waals surface area contributed by atoms with Gasteiger partial charge in [-0.15, -0.1) is 10.2 Å². The molecule has 2 aromatic rings. The van der Waals surface area contributed by atoms with Crippen LogP contribution in [0.2, 0.25) is 0 Å². The van der Waals surface area contributed by atoms with Gasteiger partial charge in [-0.05, 0) is 51.3 Å².